The van der Waals surface area contributed by atoms with Crippen LogP contribution in [0.1, 0.15) is 39.0 Å². The average Bonchev–Trinajstić information content (AvgIpc) is 3.34. The van der Waals surface area contributed by atoms with E-state index in [2.05, 4.69) is 4.98 Å². The number of hydrogen-bond acceptors (Lipinski definition) is 7. The van der Waals surface area contributed by atoms with Crippen LogP contribution in [0.5, 0.6) is 11.5 Å². The molecule has 7 nitrogen and oxygen atoms in total. The summed E-state index contributed by atoms with van der Waals surface area (Å²) in [6.45, 7) is 3.76. The van der Waals surface area contributed by atoms with Crippen molar-refractivity contribution in [3.05, 3.63) is 80.1 Å². The minimum atomic E-state index is -0.769. The van der Waals surface area contributed by atoms with Crippen molar-refractivity contribution < 1.29 is 18.7 Å². The molecule has 0 aliphatic carbocycles. The van der Waals surface area contributed by atoms with Crippen molar-refractivity contribution in [2.24, 2.45) is 0 Å². The first kappa shape index (κ1) is 20.3. The minimum Gasteiger partial charge on any atom is -0.497 e. The van der Waals surface area contributed by atoms with E-state index in [1.807, 2.05) is 25.3 Å². The summed E-state index contributed by atoms with van der Waals surface area (Å²) in [6, 6.07) is 9.88. The lowest BCUT2D eigenvalue weighted by atomic mass is 9.97. The fraction of sp³-hybridized carbons (Fsp3) is 0.208. The Hall–Kier alpha value is -3.65. The van der Waals surface area contributed by atoms with Crippen LogP contribution >= 0.6 is 11.3 Å². The van der Waals surface area contributed by atoms with Gasteiger partial charge >= 0.3 is 0 Å². The number of carbonyl (C=O) groups excluding carboxylic acids is 1. The van der Waals surface area contributed by atoms with Crippen molar-refractivity contribution in [1.29, 1.82) is 0 Å². The van der Waals surface area contributed by atoms with Gasteiger partial charge in [-0.15, -0.1) is 11.3 Å². The molecule has 2 aromatic heterocycles. The van der Waals surface area contributed by atoms with Crippen LogP contribution in [0.4, 0.5) is 5.13 Å². The van der Waals surface area contributed by atoms with Crippen LogP contribution in [0, 0.1) is 13.8 Å². The number of hydrogen-bond donors (Lipinski definition) is 0. The molecule has 0 saturated carbocycles. The zero-order valence-electron chi connectivity index (χ0n) is 18.0. The van der Waals surface area contributed by atoms with Gasteiger partial charge in [0.25, 0.3) is 5.91 Å². The number of aryl methyl sites for hydroxylation is 2. The predicted octanol–water partition coefficient (Wildman–Crippen LogP) is 4.63. The summed E-state index contributed by atoms with van der Waals surface area (Å²) in [5, 5.41) is 2.77. The van der Waals surface area contributed by atoms with E-state index in [0.717, 1.165) is 11.3 Å². The van der Waals surface area contributed by atoms with E-state index in [9.17, 15) is 9.59 Å². The molecule has 32 heavy (non-hydrogen) atoms. The Labute approximate surface area is 187 Å². The first-order valence-electron chi connectivity index (χ1n) is 9.98. The molecular weight excluding hydrogens is 428 g/mol. The van der Waals surface area contributed by atoms with Crippen molar-refractivity contribution >= 4 is 33.3 Å². The summed E-state index contributed by atoms with van der Waals surface area (Å²) < 4.78 is 17.0. The van der Waals surface area contributed by atoms with Gasteiger partial charge in [0, 0.05) is 10.9 Å². The van der Waals surface area contributed by atoms with E-state index < -0.39 is 11.9 Å². The van der Waals surface area contributed by atoms with Crippen LogP contribution in [-0.2, 0) is 0 Å². The molecule has 0 saturated heterocycles. The summed E-state index contributed by atoms with van der Waals surface area (Å²) in [4.78, 5) is 33.3. The van der Waals surface area contributed by atoms with Gasteiger partial charge in [-0.25, -0.2) is 4.98 Å². The lowest BCUT2D eigenvalue weighted by molar-refractivity contribution is 0.0970. The maximum absolute atomic E-state index is 13.7. The first-order valence-corrected chi connectivity index (χ1v) is 10.9. The third-order valence-corrected chi connectivity index (χ3v) is 6.53. The molecule has 0 radical (unpaired) electrons. The normalized spacial score (nSPS) is 15.3. The number of methoxy groups -OCH3 is 2. The van der Waals surface area contributed by atoms with Crippen molar-refractivity contribution in [2.45, 2.75) is 19.9 Å². The summed E-state index contributed by atoms with van der Waals surface area (Å²) in [6.07, 6.45) is 0. The quantitative estimate of drug-likeness (QED) is 0.453. The molecule has 0 bridgehead atoms. The Morgan fingerprint density at radius 1 is 1.06 bits per heavy atom. The van der Waals surface area contributed by atoms with Crippen LogP contribution in [-0.4, -0.2) is 25.1 Å². The van der Waals surface area contributed by atoms with Crippen molar-refractivity contribution in [3.8, 4) is 11.5 Å². The molecule has 8 heteroatoms. The number of aromatic nitrogens is 1. The SMILES string of the molecule is COc1ccc(OC)c(C2c3c(oc4ccc(C)cc4c3=O)C(=O)N2c2nc(C)cs2)c1. The molecule has 4 aromatic rings. The second-order valence-corrected chi connectivity index (χ2v) is 8.47. The molecule has 0 fully saturated rings. The van der Waals surface area contributed by atoms with Gasteiger partial charge in [-0.1, -0.05) is 11.6 Å². The molecule has 0 N–H and O–H groups in total. The number of thiazole rings is 1. The highest BCUT2D eigenvalue weighted by Crippen LogP contribution is 2.45. The molecule has 162 valence electrons. The van der Waals surface area contributed by atoms with Gasteiger partial charge in [-0.05, 0) is 44.2 Å². The Morgan fingerprint density at radius 3 is 2.56 bits per heavy atom. The Balaban J connectivity index is 1.86. The number of ether oxygens (including phenoxy) is 2. The Morgan fingerprint density at radius 2 is 1.88 bits per heavy atom. The monoisotopic (exact) mass is 448 g/mol. The van der Waals surface area contributed by atoms with Crippen LogP contribution in [0.3, 0.4) is 0 Å². The Bertz CT molecular complexity index is 1440. The molecule has 3 heterocycles. The molecule has 5 rings (SSSR count). The second kappa shape index (κ2) is 7.49. The molecule has 1 atom stereocenters. The van der Waals surface area contributed by atoms with Crippen LogP contribution in [0.25, 0.3) is 11.0 Å². The zero-order chi connectivity index (χ0) is 22.6. The number of anilines is 1. The predicted molar refractivity (Wildman–Crippen MR) is 122 cm³/mol. The number of amides is 1. The minimum absolute atomic E-state index is 0.0223. The maximum Gasteiger partial charge on any atom is 0.297 e. The third-order valence-electron chi connectivity index (χ3n) is 5.57. The van der Waals surface area contributed by atoms with E-state index in [-0.39, 0.29) is 16.8 Å². The molecule has 1 aliphatic heterocycles. The lowest BCUT2D eigenvalue weighted by Crippen LogP contribution is -2.29. The van der Waals surface area contributed by atoms with E-state index in [4.69, 9.17) is 13.9 Å². The summed E-state index contributed by atoms with van der Waals surface area (Å²) >= 11 is 1.33. The molecule has 1 aliphatic rings. The van der Waals surface area contributed by atoms with Gasteiger partial charge in [-0.2, -0.15) is 0 Å². The van der Waals surface area contributed by atoms with Crippen LogP contribution < -0.4 is 19.8 Å². The second-order valence-electron chi connectivity index (χ2n) is 7.63. The largest absolute Gasteiger partial charge is 0.497 e. The standard InChI is InChI=1S/C24H20N2O5S/c1-12-5-7-18-16(9-12)21(27)19-20(15-10-14(29-3)6-8-17(15)30-4)26(23(28)22(19)31-18)24-25-13(2)11-32-24/h5-11,20H,1-4H3. The molecule has 2 aromatic carbocycles. The van der Waals surface area contributed by atoms with Crippen molar-refractivity contribution in [1.82, 2.24) is 4.98 Å². The van der Waals surface area contributed by atoms with Gasteiger partial charge in [0.2, 0.25) is 5.76 Å². The summed E-state index contributed by atoms with van der Waals surface area (Å²) in [5.74, 6) is 0.717. The number of carbonyl (C=O) groups is 1. The number of rotatable bonds is 4. The van der Waals surface area contributed by atoms with Crippen molar-refractivity contribution in [3.63, 3.8) is 0 Å². The van der Waals surface area contributed by atoms with Gasteiger partial charge < -0.3 is 13.9 Å². The van der Waals surface area contributed by atoms with E-state index in [0.29, 0.717) is 33.2 Å². The molecule has 1 unspecified atom stereocenters. The highest BCUT2D eigenvalue weighted by Gasteiger charge is 2.46. The van der Waals surface area contributed by atoms with E-state index >= 15 is 0 Å². The van der Waals surface area contributed by atoms with Gasteiger partial charge in [0.15, 0.2) is 10.6 Å². The maximum atomic E-state index is 13.7. The number of fused-ring (bicyclic) bond motifs is 2. The average molecular weight is 449 g/mol. The van der Waals surface area contributed by atoms with Gasteiger partial charge in [0.05, 0.1) is 30.9 Å². The first-order chi connectivity index (χ1) is 15.4. The molecule has 1 amide bonds. The molecular formula is C24H20N2O5S. The number of nitrogens with zero attached hydrogens (tertiary/aromatic N) is 2. The van der Waals surface area contributed by atoms with E-state index in [1.54, 1.807) is 44.6 Å². The summed E-state index contributed by atoms with van der Waals surface area (Å²) in [7, 11) is 3.11. The highest BCUT2D eigenvalue weighted by atomic mass is 32.1. The van der Waals surface area contributed by atoms with Crippen LogP contribution in [0.2, 0.25) is 0 Å². The van der Waals surface area contributed by atoms with Gasteiger partial charge in [0.1, 0.15) is 23.1 Å². The molecule has 0 spiro atoms. The van der Waals surface area contributed by atoms with Crippen LogP contribution in [0.15, 0.2) is 51.0 Å². The fourth-order valence-corrected chi connectivity index (χ4v) is 4.91. The fourth-order valence-electron chi connectivity index (χ4n) is 4.08. The Kier molecular flexibility index (Phi) is 4.74. The highest BCUT2D eigenvalue weighted by molar-refractivity contribution is 7.14. The third kappa shape index (κ3) is 2.98. The van der Waals surface area contributed by atoms with E-state index in [1.165, 1.54) is 16.2 Å². The van der Waals surface area contributed by atoms with Crippen molar-refractivity contribution in [2.75, 3.05) is 19.1 Å². The number of benzene rings is 2. The smallest absolute Gasteiger partial charge is 0.297 e. The topological polar surface area (TPSA) is 81.9 Å². The lowest BCUT2D eigenvalue weighted by Gasteiger charge is -2.24. The van der Waals surface area contributed by atoms with Gasteiger partial charge in [-0.3, -0.25) is 14.5 Å². The summed E-state index contributed by atoms with van der Waals surface area (Å²) in [5.41, 5.74) is 2.73. The zero-order valence-corrected chi connectivity index (χ0v) is 18.8.